The molecule has 2 rings (SSSR count). The van der Waals surface area contributed by atoms with E-state index in [1.807, 2.05) is 0 Å². The Morgan fingerprint density at radius 2 is 1.90 bits per heavy atom. The van der Waals surface area contributed by atoms with E-state index >= 15 is 0 Å². The van der Waals surface area contributed by atoms with Crippen LogP contribution < -0.4 is 11.1 Å². The Morgan fingerprint density at radius 1 is 1.30 bits per heavy atom. The number of amides is 1. The molecule has 20 heavy (non-hydrogen) atoms. The SMILES string of the molecule is NCC1CCCCC1C(=O)Nc1c(F)cc(Br)cc1F. The quantitative estimate of drug-likeness (QED) is 0.880. The average Bonchev–Trinajstić information content (AvgIpc) is 2.42. The van der Waals surface area contributed by atoms with E-state index in [9.17, 15) is 13.6 Å². The molecule has 0 heterocycles. The summed E-state index contributed by atoms with van der Waals surface area (Å²) in [6, 6.07) is 2.25. The Morgan fingerprint density at radius 3 is 2.50 bits per heavy atom. The molecule has 0 aromatic heterocycles. The molecule has 1 fully saturated rings. The van der Waals surface area contributed by atoms with E-state index in [1.165, 1.54) is 0 Å². The van der Waals surface area contributed by atoms with Crippen molar-refractivity contribution >= 4 is 27.5 Å². The van der Waals surface area contributed by atoms with Gasteiger partial charge in [0.05, 0.1) is 0 Å². The minimum atomic E-state index is -0.787. The molecule has 0 bridgehead atoms. The summed E-state index contributed by atoms with van der Waals surface area (Å²) in [7, 11) is 0. The summed E-state index contributed by atoms with van der Waals surface area (Å²) in [4.78, 5) is 12.2. The lowest BCUT2D eigenvalue weighted by molar-refractivity contribution is -0.122. The minimum Gasteiger partial charge on any atom is -0.330 e. The molecule has 6 heteroatoms. The molecule has 0 radical (unpaired) electrons. The number of nitrogens with two attached hydrogens (primary N) is 1. The summed E-state index contributed by atoms with van der Waals surface area (Å²) in [6.45, 7) is 0.420. The van der Waals surface area contributed by atoms with E-state index in [0.29, 0.717) is 17.4 Å². The highest BCUT2D eigenvalue weighted by molar-refractivity contribution is 9.10. The minimum absolute atomic E-state index is 0.0883. The number of halogens is 3. The van der Waals surface area contributed by atoms with Crippen molar-refractivity contribution in [3.63, 3.8) is 0 Å². The summed E-state index contributed by atoms with van der Waals surface area (Å²) in [5.41, 5.74) is 5.28. The zero-order chi connectivity index (χ0) is 14.7. The monoisotopic (exact) mass is 346 g/mol. The van der Waals surface area contributed by atoms with E-state index in [0.717, 1.165) is 31.4 Å². The van der Waals surface area contributed by atoms with Gasteiger partial charge in [-0.2, -0.15) is 0 Å². The van der Waals surface area contributed by atoms with Crippen molar-refractivity contribution < 1.29 is 13.6 Å². The van der Waals surface area contributed by atoms with Crippen LogP contribution in [0.2, 0.25) is 0 Å². The van der Waals surface area contributed by atoms with Gasteiger partial charge in [-0.05, 0) is 37.4 Å². The second-order valence-electron chi connectivity index (χ2n) is 5.12. The number of rotatable bonds is 3. The molecular formula is C14H17BrF2N2O. The molecule has 1 saturated carbocycles. The zero-order valence-electron chi connectivity index (χ0n) is 11.0. The van der Waals surface area contributed by atoms with Crippen molar-refractivity contribution in [2.45, 2.75) is 25.7 Å². The standard InChI is InChI=1S/C14H17BrF2N2O/c15-9-5-11(16)13(12(17)6-9)19-14(20)10-4-2-1-3-8(10)7-18/h5-6,8,10H,1-4,7,18H2,(H,19,20). The molecule has 2 unspecified atom stereocenters. The Hall–Kier alpha value is -1.01. The van der Waals surface area contributed by atoms with Gasteiger partial charge in [0.15, 0.2) is 11.6 Å². The Bertz CT molecular complexity index is 487. The molecule has 1 aliphatic rings. The maximum Gasteiger partial charge on any atom is 0.227 e. The van der Waals surface area contributed by atoms with Crippen LogP contribution in [0.4, 0.5) is 14.5 Å². The zero-order valence-corrected chi connectivity index (χ0v) is 12.6. The molecule has 0 spiro atoms. The lowest BCUT2D eigenvalue weighted by Crippen LogP contribution is -2.36. The predicted octanol–water partition coefficient (Wildman–Crippen LogP) is 3.43. The number of nitrogens with one attached hydrogen (secondary N) is 1. The number of anilines is 1. The van der Waals surface area contributed by atoms with Gasteiger partial charge in [-0.25, -0.2) is 8.78 Å². The maximum absolute atomic E-state index is 13.7. The first-order chi connectivity index (χ1) is 9.52. The van der Waals surface area contributed by atoms with Gasteiger partial charge < -0.3 is 11.1 Å². The summed E-state index contributed by atoms with van der Waals surface area (Å²) < 4.78 is 27.7. The fraction of sp³-hybridized carbons (Fsp3) is 0.500. The van der Waals surface area contributed by atoms with Crippen LogP contribution in [0.1, 0.15) is 25.7 Å². The number of carbonyl (C=O) groups is 1. The highest BCUT2D eigenvalue weighted by Crippen LogP contribution is 2.31. The van der Waals surface area contributed by atoms with Crippen LogP contribution in [0.3, 0.4) is 0 Å². The number of carbonyl (C=O) groups excluding carboxylic acids is 1. The number of hydrogen-bond donors (Lipinski definition) is 2. The molecule has 1 aliphatic carbocycles. The molecule has 3 nitrogen and oxygen atoms in total. The van der Waals surface area contributed by atoms with Crippen molar-refractivity contribution in [2.24, 2.45) is 17.6 Å². The molecule has 1 aromatic rings. The van der Waals surface area contributed by atoms with E-state index < -0.39 is 11.6 Å². The van der Waals surface area contributed by atoms with Crippen LogP contribution in [0.5, 0.6) is 0 Å². The lowest BCUT2D eigenvalue weighted by Gasteiger charge is -2.29. The largest absolute Gasteiger partial charge is 0.330 e. The van der Waals surface area contributed by atoms with Crippen LogP contribution in [-0.4, -0.2) is 12.5 Å². The van der Waals surface area contributed by atoms with Gasteiger partial charge in [-0.3, -0.25) is 4.79 Å². The van der Waals surface area contributed by atoms with Gasteiger partial charge in [0.2, 0.25) is 5.91 Å². The van der Waals surface area contributed by atoms with Crippen LogP contribution in [0.25, 0.3) is 0 Å². The predicted molar refractivity (Wildman–Crippen MR) is 77.2 cm³/mol. The summed E-state index contributed by atoms with van der Waals surface area (Å²) >= 11 is 3.00. The molecule has 2 atom stereocenters. The Labute approximate surface area is 125 Å². The molecule has 3 N–H and O–H groups in total. The average molecular weight is 347 g/mol. The van der Waals surface area contributed by atoms with Crippen molar-refractivity contribution in [1.29, 1.82) is 0 Å². The highest BCUT2D eigenvalue weighted by atomic mass is 79.9. The van der Waals surface area contributed by atoms with Gasteiger partial charge in [0.1, 0.15) is 5.69 Å². The number of hydrogen-bond acceptors (Lipinski definition) is 2. The van der Waals surface area contributed by atoms with Crippen molar-refractivity contribution in [1.82, 2.24) is 0 Å². The van der Waals surface area contributed by atoms with Gasteiger partial charge in [-0.15, -0.1) is 0 Å². The van der Waals surface area contributed by atoms with Crippen molar-refractivity contribution in [3.8, 4) is 0 Å². The molecule has 1 aromatic carbocycles. The van der Waals surface area contributed by atoms with Crippen LogP contribution in [-0.2, 0) is 4.79 Å². The summed E-state index contributed by atoms with van der Waals surface area (Å²) in [5.74, 6) is -2.10. The van der Waals surface area contributed by atoms with Crippen LogP contribution in [0.15, 0.2) is 16.6 Å². The van der Waals surface area contributed by atoms with E-state index in [-0.39, 0.29) is 23.4 Å². The molecule has 110 valence electrons. The van der Waals surface area contributed by atoms with Gasteiger partial charge in [-0.1, -0.05) is 28.8 Å². The fourth-order valence-corrected chi connectivity index (χ4v) is 3.11. The Balaban J connectivity index is 2.15. The number of benzene rings is 1. The van der Waals surface area contributed by atoms with Gasteiger partial charge in [0, 0.05) is 10.4 Å². The first kappa shape index (κ1) is 15.4. The third kappa shape index (κ3) is 3.35. The molecular weight excluding hydrogens is 330 g/mol. The van der Waals surface area contributed by atoms with E-state index in [2.05, 4.69) is 21.2 Å². The molecule has 0 saturated heterocycles. The lowest BCUT2D eigenvalue weighted by atomic mass is 9.78. The van der Waals surface area contributed by atoms with E-state index in [4.69, 9.17) is 5.73 Å². The highest BCUT2D eigenvalue weighted by Gasteiger charge is 2.30. The van der Waals surface area contributed by atoms with Crippen LogP contribution in [0, 0.1) is 23.5 Å². The van der Waals surface area contributed by atoms with E-state index in [1.54, 1.807) is 0 Å². The fourth-order valence-electron chi connectivity index (χ4n) is 2.71. The van der Waals surface area contributed by atoms with Crippen molar-refractivity contribution in [2.75, 3.05) is 11.9 Å². The summed E-state index contributed by atoms with van der Waals surface area (Å²) in [6.07, 6.45) is 3.60. The topological polar surface area (TPSA) is 55.1 Å². The third-order valence-electron chi connectivity index (χ3n) is 3.80. The summed E-state index contributed by atoms with van der Waals surface area (Å²) in [5, 5.41) is 2.37. The van der Waals surface area contributed by atoms with Crippen LogP contribution >= 0.6 is 15.9 Å². The first-order valence-corrected chi connectivity index (χ1v) is 7.47. The second-order valence-corrected chi connectivity index (χ2v) is 6.04. The third-order valence-corrected chi connectivity index (χ3v) is 4.26. The second kappa shape index (κ2) is 6.63. The maximum atomic E-state index is 13.7. The molecule has 0 aliphatic heterocycles. The first-order valence-electron chi connectivity index (χ1n) is 6.68. The van der Waals surface area contributed by atoms with Crippen molar-refractivity contribution in [3.05, 3.63) is 28.2 Å². The molecule has 1 amide bonds. The smallest absolute Gasteiger partial charge is 0.227 e. The van der Waals surface area contributed by atoms with Gasteiger partial charge in [0.25, 0.3) is 0 Å². The van der Waals surface area contributed by atoms with Gasteiger partial charge >= 0.3 is 0 Å². The Kier molecular flexibility index (Phi) is 5.10. The normalized spacial score (nSPS) is 22.6.